The standard InChI is InChI=1S/C30H18/c1-3-7-23-19(5-1)11-17-27-25(23)15-13-21-9-10-22-14-16-26-24-8-4-2-6-20(24)12-18-28(26)30(22)29(21)27/h1-18H. The predicted octanol–water partition coefficient (Wildman–Crippen LogP) is 8.61. The normalized spacial score (nSPS) is 12.0. The topological polar surface area (TPSA) is 0 Å². The number of fused-ring (bicyclic) bond motifs is 11. The highest BCUT2D eigenvalue weighted by molar-refractivity contribution is 6.31. The van der Waals surface area contributed by atoms with Gasteiger partial charge in [0, 0.05) is 0 Å². The quantitative estimate of drug-likeness (QED) is 0.232. The number of benzene rings is 7. The maximum absolute atomic E-state index is 2.30. The summed E-state index contributed by atoms with van der Waals surface area (Å²) < 4.78 is 0. The summed E-state index contributed by atoms with van der Waals surface area (Å²) in [7, 11) is 0. The molecule has 0 aromatic heterocycles. The molecule has 0 N–H and O–H groups in total. The van der Waals surface area contributed by atoms with E-state index in [0.29, 0.717) is 0 Å². The maximum Gasteiger partial charge on any atom is -0.00203 e. The van der Waals surface area contributed by atoms with Crippen LogP contribution in [0.1, 0.15) is 0 Å². The lowest BCUT2D eigenvalue weighted by Crippen LogP contribution is -1.85. The van der Waals surface area contributed by atoms with Gasteiger partial charge in [0.05, 0.1) is 0 Å². The summed E-state index contributed by atoms with van der Waals surface area (Å²) in [5, 5.41) is 15.8. The minimum absolute atomic E-state index is 1.29. The van der Waals surface area contributed by atoms with Crippen molar-refractivity contribution in [2.45, 2.75) is 0 Å². The van der Waals surface area contributed by atoms with E-state index in [1.165, 1.54) is 64.6 Å². The highest BCUT2D eigenvalue weighted by atomic mass is 14.1. The molecular formula is C30H18. The third-order valence-corrected chi connectivity index (χ3v) is 6.61. The van der Waals surface area contributed by atoms with Gasteiger partial charge in [-0.05, 0) is 64.6 Å². The lowest BCUT2D eigenvalue weighted by atomic mass is 9.90. The molecule has 0 radical (unpaired) electrons. The van der Waals surface area contributed by atoms with Crippen molar-refractivity contribution in [2.24, 2.45) is 0 Å². The van der Waals surface area contributed by atoms with E-state index in [4.69, 9.17) is 0 Å². The largest absolute Gasteiger partial charge is 0.0616 e. The van der Waals surface area contributed by atoms with E-state index in [-0.39, 0.29) is 0 Å². The van der Waals surface area contributed by atoms with E-state index in [2.05, 4.69) is 109 Å². The molecule has 0 aliphatic carbocycles. The van der Waals surface area contributed by atoms with Crippen LogP contribution in [0.4, 0.5) is 0 Å². The smallest absolute Gasteiger partial charge is 0.00203 e. The van der Waals surface area contributed by atoms with Gasteiger partial charge in [-0.3, -0.25) is 0 Å². The molecule has 0 heteroatoms. The van der Waals surface area contributed by atoms with Gasteiger partial charge in [0.25, 0.3) is 0 Å². The molecule has 0 amide bonds. The van der Waals surface area contributed by atoms with Crippen LogP contribution in [0.25, 0.3) is 64.6 Å². The molecule has 0 spiro atoms. The molecule has 0 aliphatic heterocycles. The number of hydrogen-bond donors (Lipinski definition) is 0. The molecule has 0 aliphatic rings. The Hall–Kier alpha value is -3.90. The molecule has 0 saturated carbocycles. The number of hydrogen-bond acceptors (Lipinski definition) is 0. The summed E-state index contributed by atoms with van der Waals surface area (Å²) >= 11 is 0. The molecule has 7 rings (SSSR count). The van der Waals surface area contributed by atoms with Crippen molar-refractivity contribution in [2.75, 3.05) is 0 Å². The first-order valence-corrected chi connectivity index (χ1v) is 10.5. The molecular weight excluding hydrogens is 360 g/mol. The summed E-state index contributed by atoms with van der Waals surface area (Å²) in [6.07, 6.45) is 0. The van der Waals surface area contributed by atoms with Gasteiger partial charge >= 0.3 is 0 Å². The predicted molar refractivity (Wildman–Crippen MR) is 131 cm³/mol. The lowest BCUT2D eigenvalue weighted by Gasteiger charge is -2.13. The summed E-state index contributed by atoms with van der Waals surface area (Å²) in [5.41, 5.74) is 0. The summed E-state index contributed by atoms with van der Waals surface area (Å²) in [6.45, 7) is 0. The van der Waals surface area contributed by atoms with E-state index in [1.807, 2.05) is 0 Å². The molecule has 0 atom stereocenters. The Morgan fingerprint density at radius 3 is 1.10 bits per heavy atom. The van der Waals surface area contributed by atoms with E-state index in [1.54, 1.807) is 0 Å². The fourth-order valence-electron chi connectivity index (χ4n) is 5.23. The van der Waals surface area contributed by atoms with Crippen LogP contribution in [0.2, 0.25) is 0 Å². The van der Waals surface area contributed by atoms with Gasteiger partial charge < -0.3 is 0 Å². The van der Waals surface area contributed by atoms with Gasteiger partial charge in [-0.25, -0.2) is 0 Å². The van der Waals surface area contributed by atoms with Crippen molar-refractivity contribution >= 4 is 64.6 Å². The Bertz CT molecular complexity index is 1650. The Labute approximate surface area is 174 Å². The molecule has 7 aromatic rings. The first-order valence-electron chi connectivity index (χ1n) is 10.5. The highest BCUT2D eigenvalue weighted by Crippen LogP contribution is 2.39. The third kappa shape index (κ3) is 2.06. The van der Waals surface area contributed by atoms with Gasteiger partial charge in [-0.15, -0.1) is 0 Å². The molecule has 0 fully saturated rings. The van der Waals surface area contributed by atoms with Crippen LogP contribution in [-0.4, -0.2) is 0 Å². The SMILES string of the molecule is c1ccc2c(c1)ccc1c2ccc2ccc3ccc4c5ccccc5ccc4c3c21. The van der Waals surface area contributed by atoms with Crippen LogP contribution in [0, 0.1) is 0 Å². The van der Waals surface area contributed by atoms with Crippen molar-refractivity contribution in [1.82, 2.24) is 0 Å². The van der Waals surface area contributed by atoms with Crippen LogP contribution in [0.15, 0.2) is 109 Å². The fraction of sp³-hybridized carbons (Fsp3) is 0. The van der Waals surface area contributed by atoms with Crippen molar-refractivity contribution in [3.63, 3.8) is 0 Å². The highest BCUT2D eigenvalue weighted by Gasteiger charge is 2.11. The lowest BCUT2D eigenvalue weighted by molar-refractivity contribution is 1.78. The monoisotopic (exact) mass is 378 g/mol. The first-order chi connectivity index (χ1) is 14.9. The third-order valence-electron chi connectivity index (χ3n) is 6.61. The van der Waals surface area contributed by atoms with Crippen LogP contribution in [-0.2, 0) is 0 Å². The molecule has 0 saturated heterocycles. The Balaban J connectivity index is 1.78. The van der Waals surface area contributed by atoms with Crippen molar-refractivity contribution in [1.29, 1.82) is 0 Å². The molecule has 0 heterocycles. The van der Waals surface area contributed by atoms with E-state index >= 15 is 0 Å². The second-order valence-corrected chi connectivity index (χ2v) is 8.16. The summed E-state index contributed by atoms with van der Waals surface area (Å²) in [6, 6.07) is 40.2. The van der Waals surface area contributed by atoms with Gasteiger partial charge in [-0.2, -0.15) is 0 Å². The van der Waals surface area contributed by atoms with Gasteiger partial charge in [0.1, 0.15) is 0 Å². The van der Waals surface area contributed by atoms with Gasteiger partial charge in [0.2, 0.25) is 0 Å². The van der Waals surface area contributed by atoms with Gasteiger partial charge in [0.15, 0.2) is 0 Å². The second kappa shape index (κ2) is 5.81. The maximum atomic E-state index is 2.30. The molecule has 0 bridgehead atoms. The fourth-order valence-corrected chi connectivity index (χ4v) is 5.23. The van der Waals surface area contributed by atoms with Crippen LogP contribution in [0.3, 0.4) is 0 Å². The average Bonchev–Trinajstić information content (AvgIpc) is 2.82. The second-order valence-electron chi connectivity index (χ2n) is 8.16. The van der Waals surface area contributed by atoms with Crippen molar-refractivity contribution < 1.29 is 0 Å². The zero-order valence-corrected chi connectivity index (χ0v) is 16.4. The Morgan fingerprint density at radius 2 is 0.600 bits per heavy atom. The van der Waals surface area contributed by atoms with E-state index < -0.39 is 0 Å². The van der Waals surface area contributed by atoms with Crippen LogP contribution >= 0.6 is 0 Å². The minimum Gasteiger partial charge on any atom is -0.0616 e. The van der Waals surface area contributed by atoms with Crippen molar-refractivity contribution in [3.05, 3.63) is 109 Å². The zero-order valence-electron chi connectivity index (χ0n) is 16.4. The molecule has 0 nitrogen and oxygen atoms in total. The molecule has 0 unspecified atom stereocenters. The molecule has 138 valence electrons. The van der Waals surface area contributed by atoms with E-state index in [9.17, 15) is 0 Å². The first kappa shape index (κ1) is 16.0. The summed E-state index contributed by atoms with van der Waals surface area (Å²) in [5.74, 6) is 0. The molecule has 30 heavy (non-hydrogen) atoms. The van der Waals surface area contributed by atoms with Crippen molar-refractivity contribution in [3.8, 4) is 0 Å². The van der Waals surface area contributed by atoms with Gasteiger partial charge in [-0.1, -0.05) is 109 Å². The van der Waals surface area contributed by atoms with Crippen LogP contribution < -0.4 is 0 Å². The Morgan fingerprint density at radius 1 is 0.233 bits per heavy atom. The Kier molecular flexibility index (Phi) is 3.09. The van der Waals surface area contributed by atoms with E-state index in [0.717, 1.165) is 0 Å². The number of rotatable bonds is 0. The average molecular weight is 378 g/mol. The van der Waals surface area contributed by atoms with Crippen LogP contribution in [0.5, 0.6) is 0 Å². The molecule has 7 aromatic carbocycles. The summed E-state index contributed by atoms with van der Waals surface area (Å²) in [4.78, 5) is 0. The minimum atomic E-state index is 1.29. The zero-order chi connectivity index (χ0) is 19.7.